The molecule has 2 rings (SSSR count). The van der Waals surface area contributed by atoms with E-state index < -0.39 is 20.7 Å². The Morgan fingerprint density at radius 2 is 1.96 bits per heavy atom. The molecule has 1 aromatic rings. The SMILES string of the molecule is CN(Cc1ccccc1)CC(O)CN1CCS(=O)(=O)C(C)(C)C1. The fourth-order valence-electron chi connectivity index (χ4n) is 3.07. The van der Waals surface area contributed by atoms with Gasteiger partial charge in [0.25, 0.3) is 0 Å². The number of aliphatic hydroxyl groups is 1. The van der Waals surface area contributed by atoms with E-state index in [1.54, 1.807) is 13.8 Å². The van der Waals surface area contributed by atoms with E-state index in [4.69, 9.17) is 0 Å². The molecule has 1 saturated heterocycles. The molecule has 0 spiro atoms. The lowest BCUT2D eigenvalue weighted by Gasteiger charge is -2.38. The van der Waals surface area contributed by atoms with Crippen molar-refractivity contribution in [3.63, 3.8) is 0 Å². The third kappa shape index (κ3) is 5.01. The average molecular weight is 340 g/mol. The van der Waals surface area contributed by atoms with Crippen LogP contribution >= 0.6 is 0 Å². The van der Waals surface area contributed by atoms with Crippen molar-refractivity contribution < 1.29 is 13.5 Å². The van der Waals surface area contributed by atoms with Crippen LogP contribution in [0.1, 0.15) is 19.4 Å². The second kappa shape index (κ2) is 7.30. The normalized spacial score (nSPS) is 22.1. The molecule has 1 N–H and O–H groups in total. The van der Waals surface area contributed by atoms with Gasteiger partial charge in [-0.15, -0.1) is 0 Å². The van der Waals surface area contributed by atoms with Gasteiger partial charge >= 0.3 is 0 Å². The number of nitrogens with zero attached hydrogens (tertiary/aromatic N) is 2. The Bertz CT molecular complexity index is 602. The molecule has 0 bridgehead atoms. The Balaban J connectivity index is 1.82. The van der Waals surface area contributed by atoms with Gasteiger partial charge in [0.15, 0.2) is 9.84 Å². The maximum absolute atomic E-state index is 12.0. The summed E-state index contributed by atoms with van der Waals surface area (Å²) in [6.07, 6.45) is -0.486. The molecule has 1 aliphatic rings. The first-order valence-corrected chi connectivity index (χ1v) is 9.70. The quantitative estimate of drug-likeness (QED) is 0.837. The van der Waals surface area contributed by atoms with Crippen molar-refractivity contribution in [2.24, 2.45) is 0 Å². The van der Waals surface area contributed by atoms with Crippen molar-refractivity contribution >= 4 is 9.84 Å². The van der Waals surface area contributed by atoms with Gasteiger partial charge in [-0.3, -0.25) is 9.80 Å². The predicted molar refractivity (Wildman–Crippen MR) is 93.1 cm³/mol. The van der Waals surface area contributed by atoms with E-state index in [1.807, 2.05) is 25.2 Å². The highest BCUT2D eigenvalue weighted by Crippen LogP contribution is 2.23. The number of aliphatic hydroxyl groups excluding tert-OH is 1. The number of sulfone groups is 1. The molecule has 0 saturated carbocycles. The summed E-state index contributed by atoms with van der Waals surface area (Å²) < 4.78 is 23.3. The van der Waals surface area contributed by atoms with Crippen LogP contribution in [0.3, 0.4) is 0 Å². The zero-order chi connectivity index (χ0) is 17.1. The lowest BCUT2D eigenvalue weighted by atomic mass is 10.1. The first-order valence-electron chi connectivity index (χ1n) is 8.05. The summed E-state index contributed by atoms with van der Waals surface area (Å²) >= 11 is 0. The molecule has 1 fully saturated rings. The summed E-state index contributed by atoms with van der Waals surface area (Å²) in [7, 11) is -1.04. The van der Waals surface area contributed by atoms with Crippen molar-refractivity contribution in [1.82, 2.24) is 9.80 Å². The van der Waals surface area contributed by atoms with Crippen LogP contribution in [-0.2, 0) is 16.4 Å². The summed E-state index contributed by atoms with van der Waals surface area (Å²) in [4.78, 5) is 4.15. The van der Waals surface area contributed by atoms with Crippen LogP contribution in [0.2, 0.25) is 0 Å². The highest BCUT2D eigenvalue weighted by Gasteiger charge is 2.40. The molecule has 0 aliphatic carbocycles. The molecule has 130 valence electrons. The van der Waals surface area contributed by atoms with Crippen LogP contribution < -0.4 is 0 Å². The summed E-state index contributed by atoms with van der Waals surface area (Å²) in [6, 6.07) is 10.2. The smallest absolute Gasteiger partial charge is 0.157 e. The second-order valence-corrected chi connectivity index (χ2v) is 9.89. The Hall–Kier alpha value is -0.950. The molecule has 0 aromatic heterocycles. The molecular weight excluding hydrogens is 312 g/mol. The molecule has 1 aromatic carbocycles. The Morgan fingerprint density at radius 3 is 2.57 bits per heavy atom. The van der Waals surface area contributed by atoms with Gasteiger partial charge in [0.2, 0.25) is 0 Å². The zero-order valence-electron chi connectivity index (χ0n) is 14.3. The molecule has 1 heterocycles. The summed E-state index contributed by atoms with van der Waals surface area (Å²) in [6.45, 7) is 6.39. The van der Waals surface area contributed by atoms with Crippen LogP contribution in [0.25, 0.3) is 0 Å². The lowest BCUT2D eigenvalue weighted by molar-refractivity contribution is 0.0769. The summed E-state index contributed by atoms with van der Waals surface area (Å²) in [5.41, 5.74) is 1.22. The molecule has 1 aliphatic heterocycles. The lowest BCUT2D eigenvalue weighted by Crippen LogP contribution is -2.55. The molecular formula is C17H28N2O3S. The van der Waals surface area contributed by atoms with E-state index in [1.165, 1.54) is 5.56 Å². The minimum Gasteiger partial charge on any atom is -0.390 e. The van der Waals surface area contributed by atoms with E-state index in [2.05, 4.69) is 21.9 Å². The number of hydrogen-bond donors (Lipinski definition) is 1. The first-order chi connectivity index (χ1) is 10.7. The van der Waals surface area contributed by atoms with Crippen LogP contribution in [0.15, 0.2) is 30.3 Å². The van der Waals surface area contributed by atoms with Crippen LogP contribution in [0, 0.1) is 0 Å². The molecule has 1 unspecified atom stereocenters. The van der Waals surface area contributed by atoms with Crippen molar-refractivity contribution in [3.05, 3.63) is 35.9 Å². The molecule has 0 amide bonds. The van der Waals surface area contributed by atoms with E-state index in [9.17, 15) is 13.5 Å². The van der Waals surface area contributed by atoms with Gasteiger partial charge in [-0.05, 0) is 26.5 Å². The van der Waals surface area contributed by atoms with Gasteiger partial charge in [-0.2, -0.15) is 0 Å². The van der Waals surface area contributed by atoms with Gasteiger partial charge in [-0.1, -0.05) is 30.3 Å². The fourth-order valence-corrected chi connectivity index (χ4v) is 4.50. The standard InChI is InChI=1S/C17H28N2O3S/c1-17(2)14-19(9-10-23(17,21)22)13-16(20)12-18(3)11-15-7-5-4-6-8-15/h4-8,16,20H,9-14H2,1-3H3. The predicted octanol–water partition coefficient (Wildman–Crippen LogP) is 0.988. The number of β-amino-alcohol motifs (C(OH)–C–C–N with tert-alkyl or cyclic N) is 1. The van der Waals surface area contributed by atoms with Gasteiger partial charge in [0.1, 0.15) is 0 Å². The van der Waals surface area contributed by atoms with Crippen molar-refractivity contribution in [3.8, 4) is 0 Å². The topological polar surface area (TPSA) is 60.9 Å². The minimum absolute atomic E-state index is 0.173. The number of benzene rings is 1. The molecule has 23 heavy (non-hydrogen) atoms. The number of likely N-dealkylation sites (N-methyl/N-ethyl adjacent to an activating group) is 1. The second-order valence-electron chi connectivity index (χ2n) is 7.15. The van der Waals surface area contributed by atoms with E-state index in [0.717, 1.165) is 6.54 Å². The Kier molecular flexibility index (Phi) is 5.84. The molecule has 0 radical (unpaired) electrons. The summed E-state index contributed by atoms with van der Waals surface area (Å²) in [5.74, 6) is 0.173. The third-order valence-corrected chi connectivity index (χ3v) is 6.94. The molecule has 6 heteroatoms. The monoisotopic (exact) mass is 340 g/mol. The van der Waals surface area contributed by atoms with E-state index in [0.29, 0.717) is 26.2 Å². The highest BCUT2D eigenvalue weighted by atomic mass is 32.2. The first kappa shape index (κ1) is 18.4. The molecule has 5 nitrogen and oxygen atoms in total. The van der Waals surface area contributed by atoms with Gasteiger partial charge in [-0.25, -0.2) is 8.42 Å². The largest absolute Gasteiger partial charge is 0.390 e. The fraction of sp³-hybridized carbons (Fsp3) is 0.647. The van der Waals surface area contributed by atoms with E-state index in [-0.39, 0.29) is 5.75 Å². The Labute approximate surface area is 139 Å². The Morgan fingerprint density at radius 1 is 1.30 bits per heavy atom. The van der Waals surface area contributed by atoms with Crippen LogP contribution in [0.4, 0.5) is 0 Å². The van der Waals surface area contributed by atoms with Gasteiger partial charge in [0.05, 0.1) is 16.6 Å². The highest BCUT2D eigenvalue weighted by molar-refractivity contribution is 7.92. The zero-order valence-corrected chi connectivity index (χ0v) is 15.1. The van der Waals surface area contributed by atoms with Crippen molar-refractivity contribution in [2.45, 2.75) is 31.2 Å². The van der Waals surface area contributed by atoms with Crippen LogP contribution in [0.5, 0.6) is 0 Å². The van der Waals surface area contributed by atoms with E-state index >= 15 is 0 Å². The van der Waals surface area contributed by atoms with Crippen LogP contribution in [-0.4, -0.2) is 73.2 Å². The van der Waals surface area contributed by atoms with Crippen molar-refractivity contribution in [2.75, 3.05) is 39.0 Å². The average Bonchev–Trinajstić information content (AvgIpc) is 2.43. The minimum atomic E-state index is -3.03. The third-order valence-electron chi connectivity index (χ3n) is 4.41. The maximum Gasteiger partial charge on any atom is 0.157 e. The summed E-state index contributed by atoms with van der Waals surface area (Å²) in [5, 5.41) is 10.3. The van der Waals surface area contributed by atoms with Gasteiger partial charge in [0, 0.05) is 32.7 Å². The van der Waals surface area contributed by atoms with Gasteiger partial charge < -0.3 is 5.11 Å². The number of rotatable bonds is 6. The molecule has 1 atom stereocenters. The van der Waals surface area contributed by atoms with Crippen molar-refractivity contribution in [1.29, 1.82) is 0 Å². The maximum atomic E-state index is 12.0. The number of hydrogen-bond acceptors (Lipinski definition) is 5.